The molecule has 1 aliphatic rings. The summed E-state index contributed by atoms with van der Waals surface area (Å²) in [6.45, 7) is 3.10. The van der Waals surface area contributed by atoms with E-state index in [1.807, 2.05) is 18.9 Å². The number of aliphatic hydroxyl groups is 1. The van der Waals surface area contributed by atoms with Gasteiger partial charge in [-0.05, 0) is 56.9 Å². The summed E-state index contributed by atoms with van der Waals surface area (Å²) < 4.78 is 5.11. The number of ether oxygens (including phenoxy) is 1. The average molecular weight is 320 g/mol. The maximum absolute atomic E-state index is 11.8. The van der Waals surface area contributed by atoms with Crippen LogP contribution in [0, 0.1) is 5.92 Å². The van der Waals surface area contributed by atoms with Crippen molar-refractivity contribution in [1.82, 2.24) is 0 Å². The summed E-state index contributed by atoms with van der Waals surface area (Å²) in [6, 6.07) is 8.67. The number of anilines is 2. The first-order chi connectivity index (χ1) is 11.1. The van der Waals surface area contributed by atoms with Gasteiger partial charge in [0.1, 0.15) is 0 Å². The zero-order chi connectivity index (χ0) is 16.7. The fraction of sp³-hybridized carbons (Fsp3) is 0.611. The van der Waals surface area contributed by atoms with E-state index in [0.717, 1.165) is 37.1 Å². The molecule has 2 N–H and O–H groups in total. The molecule has 0 unspecified atom stereocenters. The Morgan fingerprint density at radius 1 is 1.26 bits per heavy atom. The Morgan fingerprint density at radius 2 is 1.91 bits per heavy atom. The summed E-state index contributed by atoms with van der Waals surface area (Å²) in [7, 11) is 1.97. The molecule has 23 heavy (non-hydrogen) atoms. The van der Waals surface area contributed by atoms with Crippen LogP contribution in [0.15, 0.2) is 24.3 Å². The van der Waals surface area contributed by atoms with Crippen LogP contribution < -0.4 is 10.2 Å². The first-order valence-corrected chi connectivity index (χ1v) is 8.49. The Hall–Kier alpha value is -1.75. The van der Waals surface area contributed by atoms with Crippen molar-refractivity contribution in [3.05, 3.63) is 24.3 Å². The third kappa shape index (κ3) is 5.13. The molecule has 1 aromatic carbocycles. The lowest BCUT2D eigenvalue weighted by molar-refractivity contribution is -0.149. The van der Waals surface area contributed by atoms with Gasteiger partial charge in [-0.15, -0.1) is 0 Å². The minimum atomic E-state index is -0.0396. The highest BCUT2D eigenvalue weighted by atomic mass is 16.5. The Balaban J connectivity index is 1.81. The Kier molecular flexibility index (Phi) is 6.71. The van der Waals surface area contributed by atoms with Crippen LogP contribution in [0.5, 0.6) is 0 Å². The van der Waals surface area contributed by atoms with E-state index in [1.54, 1.807) is 0 Å². The molecule has 1 aliphatic carbocycles. The van der Waals surface area contributed by atoms with Crippen LogP contribution in [0.4, 0.5) is 11.4 Å². The van der Waals surface area contributed by atoms with E-state index in [0.29, 0.717) is 19.2 Å². The monoisotopic (exact) mass is 320 g/mol. The molecule has 1 aromatic rings. The van der Waals surface area contributed by atoms with E-state index in [1.165, 1.54) is 0 Å². The van der Waals surface area contributed by atoms with Gasteiger partial charge in [-0.3, -0.25) is 4.79 Å². The molecular formula is C18H28N2O3. The Bertz CT molecular complexity index is 482. The summed E-state index contributed by atoms with van der Waals surface area (Å²) in [4.78, 5) is 13.8. The largest absolute Gasteiger partial charge is 0.466 e. The number of nitrogens with one attached hydrogen (secondary N) is 1. The van der Waals surface area contributed by atoms with Gasteiger partial charge in [-0.1, -0.05) is 0 Å². The van der Waals surface area contributed by atoms with Gasteiger partial charge in [0.05, 0.1) is 19.1 Å². The van der Waals surface area contributed by atoms with Gasteiger partial charge in [0, 0.05) is 31.0 Å². The molecule has 5 nitrogen and oxygen atoms in total. The second kappa shape index (κ2) is 8.77. The quantitative estimate of drug-likeness (QED) is 0.756. The highest BCUT2D eigenvalue weighted by Crippen LogP contribution is 2.28. The zero-order valence-corrected chi connectivity index (χ0v) is 14.1. The molecule has 128 valence electrons. The minimum Gasteiger partial charge on any atom is -0.466 e. The third-order valence-electron chi connectivity index (χ3n) is 4.46. The molecule has 0 aliphatic heterocycles. The molecule has 0 atom stereocenters. The molecule has 0 aromatic heterocycles. The van der Waals surface area contributed by atoms with Gasteiger partial charge in [-0.2, -0.15) is 0 Å². The molecule has 0 spiro atoms. The number of hydrogen-bond donors (Lipinski definition) is 2. The van der Waals surface area contributed by atoms with Crippen LogP contribution in [-0.4, -0.2) is 43.9 Å². The maximum atomic E-state index is 11.8. The standard InChI is InChI=1S/C18H28N2O3/c1-3-23-18(22)14-4-6-15(7-5-14)19-16-8-10-17(11-9-16)20(2)12-13-21/h8-11,14-15,19,21H,3-7,12-13H2,1-2H3. The van der Waals surface area contributed by atoms with Crippen molar-refractivity contribution in [3.8, 4) is 0 Å². The number of carbonyl (C=O) groups excluding carboxylic acids is 1. The lowest BCUT2D eigenvalue weighted by Gasteiger charge is -2.28. The normalized spacial score (nSPS) is 20.8. The molecule has 0 radical (unpaired) electrons. The summed E-state index contributed by atoms with van der Waals surface area (Å²) >= 11 is 0. The Morgan fingerprint density at radius 3 is 2.48 bits per heavy atom. The topological polar surface area (TPSA) is 61.8 Å². The summed E-state index contributed by atoms with van der Waals surface area (Å²) in [5.41, 5.74) is 2.20. The van der Waals surface area contributed by atoms with Gasteiger partial charge in [-0.25, -0.2) is 0 Å². The number of carbonyl (C=O) groups is 1. The van der Waals surface area contributed by atoms with E-state index in [2.05, 4.69) is 29.6 Å². The van der Waals surface area contributed by atoms with Gasteiger partial charge < -0.3 is 20.1 Å². The SMILES string of the molecule is CCOC(=O)C1CCC(Nc2ccc(N(C)CCO)cc2)CC1. The molecule has 0 bridgehead atoms. The van der Waals surface area contributed by atoms with Crippen LogP contribution in [0.25, 0.3) is 0 Å². The number of hydrogen-bond acceptors (Lipinski definition) is 5. The number of rotatable bonds is 7. The summed E-state index contributed by atoms with van der Waals surface area (Å²) in [5.74, 6) is 0.0322. The van der Waals surface area contributed by atoms with Crippen LogP contribution in [-0.2, 0) is 9.53 Å². The molecule has 1 saturated carbocycles. The number of likely N-dealkylation sites (N-methyl/N-ethyl adjacent to an activating group) is 1. The van der Waals surface area contributed by atoms with E-state index < -0.39 is 0 Å². The highest BCUT2D eigenvalue weighted by Gasteiger charge is 2.27. The maximum Gasteiger partial charge on any atom is 0.308 e. The molecule has 2 rings (SSSR count). The van der Waals surface area contributed by atoms with E-state index >= 15 is 0 Å². The van der Waals surface area contributed by atoms with Crippen LogP contribution in [0.3, 0.4) is 0 Å². The second-order valence-corrected chi connectivity index (χ2v) is 6.14. The molecule has 5 heteroatoms. The molecular weight excluding hydrogens is 292 g/mol. The predicted molar refractivity (Wildman–Crippen MR) is 92.8 cm³/mol. The van der Waals surface area contributed by atoms with Crippen LogP contribution in [0.2, 0.25) is 0 Å². The van der Waals surface area contributed by atoms with Crippen LogP contribution >= 0.6 is 0 Å². The first-order valence-electron chi connectivity index (χ1n) is 8.49. The van der Waals surface area contributed by atoms with Gasteiger partial charge in [0.25, 0.3) is 0 Å². The van der Waals surface area contributed by atoms with Crippen LogP contribution in [0.1, 0.15) is 32.6 Å². The average Bonchev–Trinajstić information content (AvgIpc) is 2.56. The van der Waals surface area contributed by atoms with Crippen molar-refractivity contribution in [2.75, 3.05) is 37.0 Å². The lowest BCUT2D eigenvalue weighted by atomic mass is 9.86. The fourth-order valence-electron chi connectivity index (χ4n) is 3.06. The first kappa shape index (κ1) is 17.6. The Labute approximate surface area is 138 Å². The lowest BCUT2D eigenvalue weighted by Crippen LogP contribution is -2.30. The highest BCUT2D eigenvalue weighted by molar-refractivity contribution is 5.72. The fourth-order valence-corrected chi connectivity index (χ4v) is 3.06. The summed E-state index contributed by atoms with van der Waals surface area (Å²) in [6.07, 6.45) is 3.78. The smallest absolute Gasteiger partial charge is 0.308 e. The van der Waals surface area contributed by atoms with E-state index in [4.69, 9.17) is 9.84 Å². The van der Waals surface area contributed by atoms with Gasteiger partial charge >= 0.3 is 5.97 Å². The van der Waals surface area contributed by atoms with Crippen molar-refractivity contribution in [3.63, 3.8) is 0 Å². The molecule has 0 saturated heterocycles. The van der Waals surface area contributed by atoms with E-state index in [9.17, 15) is 4.79 Å². The van der Waals surface area contributed by atoms with Crippen molar-refractivity contribution >= 4 is 17.3 Å². The van der Waals surface area contributed by atoms with Gasteiger partial charge in [0.15, 0.2) is 0 Å². The van der Waals surface area contributed by atoms with E-state index in [-0.39, 0.29) is 18.5 Å². The minimum absolute atomic E-state index is 0.0396. The molecule has 1 fully saturated rings. The third-order valence-corrected chi connectivity index (χ3v) is 4.46. The number of nitrogens with zero attached hydrogens (tertiary/aromatic N) is 1. The summed E-state index contributed by atoms with van der Waals surface area (Å²) in [5, 5.41) is 12.5. The van der Waals surface area contributed by atoms with Crippen molar-refractivity contribution in [2.45, 2.75) is 38.6 Å². The second-order valence-electron chi connectivity index (χ2n) is 6.14. The number of aliphatic hydroxyl groups excluding tert-OH is 1. The zero-order valence-electron chi connectivity index (χ0n) is 14.1. The molecule has 0 amide bonds. The number of benzene rings is 1. The van der Waals surface area contributed by atoms with Gasteiger partial charge in [0.2, 0.25) is 0 Å². The van der Waals surface area contributed by atoms with Crippen molar-refractivity contribution < 1.29 is 14.6 Å². The molecule has 0 heterocycles. The number of esters is 1. The van der Waals surface area contributed by atoms with Crippen molar-refractivity contribution in [2.24, 2.45) is 5.92 Å². The van der Waals surface area contributed by atoms with Crippen molar-refractivity contribution in [1.29, 1.82) is 0 Å². The predicted octanol–water partition coefficient (Wildman–Crippen LogP) is 2.65.